The smallest absolute Gasteiger partial charge is 0.326 e. The van der Waals surface area contributed by atoms with E-state index in [4.69, 9.17) is 9.84 Å². The van der Waals surface area contributed by atoms with Crippen molar-refractivity contribution in [2.45, 2.75) is 19.4 Å². The highest BCUT2D eigenvalue weighted by Gasteiger charge is 2.20. The predicted octanol–water partition coefficient (Wildman–Crippen LogP) is -0.442. The summed E-state index contributed by atoms with van der Waals surface area (Å²) in [5.74, 6) is -1.54. The molecule has 1 aromatic heterocycles. The summed E-state index contributed by atoms with van der Waals surface area (Å²) in [5, 5.41) is 11.3. The average Bonchev–Trinajstić information content (AvgIpc) is 2.78. The van der Waals surface area contributed by atoms with E-state index in [1.807, 2.05) is 0 Å². The van der Waals surface area contributed by atoms with Gasteiger partial charge in [0.15, 0.2) is 0 Å². The lowest BCUT2D eigenvalue weighted by atomic mass is 10.1. The van der Waals surface area contributed by atoms with Crippen LogP contribution < -0.4 is 5.32 Å². The number of carbonyl (C=O) groups excluding carboxylic acids is 1. The van der Waals surface area contributed by atoms with Crippen molar-refractivity contribution in [3.8, 4) is 0 Å². The third kappa shape index (κ3) is 4.64. The van der Waals surface area contributed by atoms with Gasteiger partial charge in [-0.3, -0.25) is 4.79 Å². The Balaban J connectivity index is 2.49. The highest BCUT2D eigenvalue weighted by molar-refractivity contribution is 5.84. The van der Waals surface area contributed by atoms with Crippen LogP contribution in [-0.4, -0.2) is 46.2 Å². The number of hydrogen-bond donors (Lipinski definition) is 3. The first kappa shape index (κ1) is 13.2. The van der Waals surface area contributed by atoms with Crippen LogP contribution in [0.1, 0.15) is 12.6 Å². The van der Waals surface area contributed by atoms with Gasteiger partial charge in [0.25, 0.3) is 0 Å². The molecule has 0 spiro atoms. The number of carboxylic acid groups (broad SMARTS) is 1. The molecule has 1 amide bonds. The Bertz CT molecular complexity index is 364. The minimum absolute atomic E-state index is 0.136. The number of nitrogens with one attached hydrogen (secondary N) is 2. The van der Waals surface area contributed by atoms with Gasteiger partial charge in [-0.15, -0.1) is 0 Å². The van der Waals surface area contributed by atoms with E-state index in [9.17, 15) is 9.59 Å². The van der Waals surface area contributed by atoms with Crippen LogP contribution in [-0.2, 0) is 20.7 Å². The largest absolute Gasteiger partial charge is 0.480 e. The highest BCUT2D eigenvalue weighted by atomic mass is 16.5. The van der Waals surface area contributed by atoms with E-state index in [2.05, 4.69) is 15.3 Å². The van der Waals surface area contributed by atoms with Gasteiger partial charge < -0.3 is 20.1 Å². The Morgan fingerprint density at radius 3 is 2.94 bits per heavy atom. The van der Waals surface area contributed by atoms with Crippen molar-refractivity contribution in [3.05, 3.63) is 18.2 Å². The molecular weight excluding hydrogens is 226 g/mol. The fourth-order valence-electron chi connectivity index (χ4n) is 1.25. The molecule has 94 valence electrons. The summed E-state index contributed by atoms with van der Waals surface area (Å²) in [5.41, 5.74) is 0.647. The second-order valence-electron chi connectivity index (χ2n) is 3.38. The number of hydrogen-bond acceptors (Lipinski definition) is 4. The first-order chi connectivity index (χ1) is 8.13. The van der Waals surface area contributed by atoms with Crippen LogP contribution >= 0.6 is 0 Å². The molecule has 0 unspecified atom stereocenters. The van der Waals surface area contributed by atoms with Gasteiger partial charge in [0, 0.05) is 24.9 Å². The van der Waals surface area contributed by atoms with Gasteiger partial charge in [0.05, 0.1) is 6.33 Å². The van der Waals surface area contributed by atoms with Crippen LogP contribution in [0, 0.1) is 0 Å². The Morgan fingerprint density at radius 1 is 1.65 bits per heavy atom. The Hall–Kier alpha value is -1.89. The third-order valence-corrected chi connectivity index (χ3v) is 2.05. The first-order valence-electron chi connectivity index (χ1n) is 5.20. The lowest BCUT2D eigenvalue weighted by Gasteiger charge is -2.13. The molecular formula is C10H15N3O4. The van der Waals surface area contributed by atoms with Crippen LogP contribution in [0.5, 0.6) is 0 Å². The molecule has 17 heavy (non-hydrogen) atoms. The number of rotatable bonds is 7. The topological polar surface area (TPSA) is 104 Å². The number of carbonyl (C=O) groups is 2. The second-order valence-corrected chi connectivity index (χ2v) is 3.38. The number of carboxylic acids is 1. The van der Waals surface area contributed by atoms with Gasteiger partial charge in [0.2, 0.25) is 5.91 Å². The fourth-order valence-corrected chi connectivity index (χ4v) is 1.25. The lowest BCUT2D eigenvalue weighted by Crippen LogP contribution is -2.43. The van der Waals surface area contributed by atoms with Gasteiger partial charge in [-0.25, -0.2) is 9.78 Å². The molecule has 1 rings (SSSR count). The molecule has 0 fully saturated rings. The molecule has 0 aromatic carbocycles. The van der Waals surface area contributed by atoms with Crippen LogP contribution in [0.2, 0.25) is 0 Å². The fraction of sp³-hybridized carbons (Fsp3) is 0.500. The molecule has 0 aliphatic heterocycles. The molecule has 0 radical (unpaired) electrons. The molecule has 1 heterocycles. The number of aromatic amines is 1. The van der Waals surface area contributed by atoms with Crippen molar-refractivity contribution in [2.75, 3.05) is 13.2 Å². The van der Waals surface area contributed by atoms with E-state index < -0.39 is 17.9 Å². The van der Waals surface area contributed by atoms with Gasteiger partial charge in [-0.2, -0.15) is 0 Å². The molecule has 0 saturated carbocycles. The number of H-pyrrole nitrogens is 1. The first-order valence-corrected chi connectivity index (χ1v) is 5.20. The monoisotopic (exact) mass is 241 g/mol. The number of ether oxygens (including phenoxy) is 1. The van der Waals surface area contributed by atoms with E-state index in [1.165, 1.54) is 12.5 Å². The standard InChI is InChI=1S/C10H15N3O4/c1-2-17-5-9(14)13-8(10(15)16)3-7-4-11-6-12-7/h4,6,8H,2-3,5H2,1H3,(H,11,12)(H,13,14)(H,15,16)/t8-/m1/s1. The van der Waals surface area contributed by atoms with Crippen LogP contribution in [0.4, 0.5) is 0 Å². The van der Waals surface area contributed by atoms with E-state index in [-0.39, 0.29) is 13.0 Å². The summed E-state index contributed by atoms with van der Waals surface area (Å²) in [4.78, 5) is 28.8. The zero-order valence-electron chi connectivity index (χ0n) is 9.47. The number of aliphatic carboxylic acids is 1. The molecule has 7 nitrogen and oxygen atoms in total. The molecule has 0 aliphatic rings. The normalized spacial score (nSPS) is 12.1. The number of amides is 1. The van der Waals surface area contributed by atoms with E-state index >= 15 is 0 Å². The summed E-state index contributed by atoms with van der Waals surface area (Å²) in [6.07, 6.45) is 3.13. The van der Waals surface area contributed by atoms with Gasteiger partial charge >= 0.3 is 5.97 Å². The number of aromatic nitrogens is 2. The summed E-state index contributed by atoms with van der Waals surface area (Å²) >= 11 is 0. The molecule has 1 aromatic rings. The molecule has 3 N–H and O–H groups in total. The van der Waals surface area contributed by atoms with Crippen molar-refractivity contribution in [1.29, 1.82) is 0 Å². The van der Waals surface area contributed by atoms with Crippen molar-refractivity contribution in [2.24, 2.45) is 0 Å². The van der Waals surface area contributed by atoms with Gasteiger partial charge in [-0.05, 0) is 6.92 Å². The minimum Gasteiger partial charge on any atom is -0.480 e. The summed E-state index contributed by atoms with van der Waals surface area (Å²) in [7, 11) is 0. The molecule has 1 atom stereocenters. The molecule has 0 bridgehead atoms. The Morgan fingerprint density at radius 2 is 2.41 bits per heavy atom. The highest BCUT2D eigenvalue weighted by Crippen LogP contribution is 1.98. The zero-order valence-corrected chi connectivity index (χ0v) is 9.47. The number of nitrogens with zero attached hydrogens (tertiary/aromatic N) is 1. The second kappa shape index (κ2) is 6.64. The molecule has 0 saturated heterocycles. The van der Waals surface area contributed by atoms with Gasteiger partial charge in [-0.1, -0.05) is 0 Å². The zero-order chi connectivity index (χ0) is 12.7. The van der Waals surface area contributed by atoms with Crippen molar-refractivity contribution >= 4 is 11.9 Å². The van der Waals surface area contributed by atoms with Crippen LogP contribution in [0.3, 0.4) is 0 Å². The van der Waals surface area contributed by atoms with Crippen molar-refractivity contribution in [3.63, 3.8) is 0 Å². The quantitative estimate of drug-likeness (QED) is 0.600. The Labute approximate surface area is 98.2 Å². The SMILES string of the molecule is CCOCC(=O)N[C@H](Cc1cnc[nH]1)C(=O)O. The maximum Gasteiger partial charge on any atom is 0.326 e. The molecule has 0 aliphatic carbocycles. The van der Waals surface area contributed by atoms with Crippen LogP contribution in [0.15, 0.2) is 12.5 Å². The van der Waals surface area contributed by atoms with Crippen molar-refractivity contribution < 1.29 is 19.4 Å². The summed E-state index contributed by atoms with van der Waals surface area (Å²) < 4.78 is 4.89. The van der Waals surface area contributed by atoms with Crippen LogP contribution in [0.25, 0.3) is 0 Å². The van der Waals surface area contributed by atoms with E-state index in [0.29, 0.717) is 12.3 Å². The minimum atomic E-state index is -1.09. The van der Waals surface area contributed by atoms with E-state index in [0.717, 1.165) is 0 Å². The third-order valence-electron chi connectivity index (χ3n) is 2.05. The number of imidazole rings is 1. The van der Waals surface area contributed by atoms with Gasteiger partial charge in [0.1, 0.15) is 12.6 Å². The van der Waals surface area contributed by atoms with Crippen molar-refractivity contribution in [1.82, 2.24) is 15.3 Å². The molecule has 7 heteroatoms. The maximum absolute atomic E-state index is 11.3. The maximum atomic E-state index is 11.3. The summed E-state index contributed by atoms with van der Waals surface area (Å²) in [6, 6.07) is -0.983. The Kier molecular flexibility index (Phi) is 5.15. The van der Waals surface area contributed by atoms with E-state index in [1.54, 1.807) is 6.92 Å². The summed E-state index contributed by atoms with van der Waals surface area (Å²) in [6.45, 7) is 2.03. The predicted molar refractivity (Wildman–Crippen MR) is 58.4 cm³/mol. The average molecular weight is 241 g/mol. The lowest BCUT2D eigenvalue weighted by molar-refractivity contribution is -0.142.